The SMILES string of the molecule is COCCCNC(=O)c1ccc(NC(=O)CNc2ccc(OC)c(Cl)c2)cc1. The van der Waals surface area contributed by atoms with Gasteiger partial charge in [0.25, 0.3) is 5.91 Å². The monoisotopic (exact) mass is 405 g/mol. The molecule has 0 unspecified atom stereocenters. The molecule has 2 rings (SSSR count). The summed E-state index contributed by atoms with van der Waals surface area (Å²) in [5.41, 5.74) is 1.85. The van der Waals surface area contributed by atoms with E-state index in [9.17, 15) is 9.59 Å². The number of anilines is 2. The lowest BCUT2D eigenvalue weighted by Crippen LogP contribution is -2.25. The van der Waals surface area contributed by atoms with Gasteiger partial charge in [-0.25, -0.2) is 0 Å². The van der Waals surface area contributed by atoms with Gasteiger partial charge in [-0.3, -0.25) is 9.59 Å². The zero-order chi connectivity index (χ0) is 20.4. The first-order chi connectivity index (χ1) is 13.5. The zero-order valence-corrected chi connectivity index (χ0v) is 16.6. The van der Waals surface area contributed by atoms with E-state index >= 15 is 0 Å². The van der Waals surface area contributed by atoms with Crippen LogP contribution in [0, 0.1) is 0 Å². The predicted octanol–water partition coefficient (Wildman–Crippen LogP) is 3.17. The second-order valence-electron chi connectivity index (χ2n) is 5.93. The maximum Gasteiger partial charge on any atom is 0.251 e. The molecule has 2 aromatic rings. The van der Waals surface area contributed by atoms with E-state index in [0.29, 0.717) is 40.9 Å². The average molecular weight is 406 g/mol. The van der Waals surface area contributed by atoms with Crippen LogP contribution in [0.4, 0.5) is 11.4 Å². The number of ether oxygens (including phenoxy) is 2. The maximum atomic E-state index is 12.1. The number of nitrogens with one attached hydrogen (secondary N) is 3. The van der Waals surface area contributed by atoms with Crippen molar-refractivity contribution in [2.45, 2.75) is 6.42 Å². The fourth-order valence-electron chi connectivity index (χ4n) is 2.39. The molecular formula is C20H24ClN3O4. The van der Waals surface area contributed by atoms with E-state index in [1.54, 1.807) is 49.6 Å². The summed E-state index contributed by atoms with van der Waals surface area (Å²) in [5, 5.41) is 9.03. The largest absolute Gasteiger partial charge is 0.495 e. The van der Waals surface area contributed by atoms with Gasteiger partial charge in [0.15, 0.2) is 0 Å². The Balaban J connectivity index is 1.80. The van der Waals surface area contributed by atoms with E-state index in [1.807, 2.05) is 0 Å². The van der Waals surface area contributed by atoms with Crippen molar-refractivity contribution in [1.82, 2.24) is 5.32 Å². The maximum absolute atomic E-state index is 12.1. The summed E-state index contributed by atoms with van der Waals surface area (Å²) in [5.74, 6) is 0.190. The predicted molar refractivity (Wildman–Crippen MR) is 110 cm³/mol. The molecule has 0 aromatic heterocycles. The molecule has 0 saturated heterocycles. The van der Waals surface area contributed by atoms with Gasteiger partial charge in [0.1, 0.15) is 5.75 Å². The van der Waals surface area contributed by atoms with Crippen LogP contribution in [0.15, 0.2) is 42.5 Å². The second kappa shape index (κ2) is 11.2. The summed E-state index contributed by atoms with van der Waals surface area (Å²) in [6.45, 7) is 1.22. The molecular weight excluding hydrogens is 382 g/mol. The quantitative estimate of drug-likeness (QED) is 0.528. The first kappa shape index (κ1) is 21.5. The highest BCUT2D eigenvalue weighted by Gasteiger charge is 2.07. The smallest absolute Gasteiger partial charge is 0.251 e. The number of halogens is 1. The van der Waals surface area contributed by atoms with Crippen molar-refractivity contribution < 1.29 is 19.1 Å². The molecule has 0 aliphatic carbocycles. The molecule has 0 radical (unpaired) electrons. The molecule has 0 bridgehead atoms. The van der Waals surface area contributed by atoms with Crippen molar-refractivity contribution in [1.29, 1.82) is 0 Å². The third-order valence-electron chi connectivity index (χ3n) is 3.85. The minimum Gasteiger partial charge on any atom is -0.495 e. The molecule has 2 aromatic carbocycles. The molecule has 0 aliphatic rings. The van der Waals surface area contributed by atoms with Crippen molar-refractivity contribution in [2.24, 2.45) is 0 Å². The van der Waals surface area contributed by atoms with Gasteiger partial charge in [-0.15, -0.1) is 0 Å². The third kappa shape index (κ3) is 6.75. The van der Waals surface area contributed by atoms with Crippen LogP contribution in [0.3, 0.4) is 0 Å². The topological polar surface area (TPSA) is 88.7 Å². The Labute approximate surface area is 169 Å². The van der Waals surface area contributed by atoms with Crippen LogP contribution < -0.4 is 20.7 Å². The minimum atomic E-state index is -0.219. The molecule has 0 atom stereocenters. The van der Waals surface area contributed by atoms with Crippen LogP contribution in [-0.2, 0) is 9.53 Å². The lowest BCUT2D eigenvalue weighted by molar-refractivity contribution is -0.114. The van der Waals surface area contributed by atoms with E-state index in [2.05, 4.69) is 16.0 Å². The molecule has 3 N–H and O–H groups in total. The molecule has 7 nitrogen and oxygen atoms in total. The molecule has 0 aliphatic heterocycles. The number of rotatable bonds is 10. The molecule has 0 saturated carbocycles. The summed E-state index contributed by atoms with van der Waals surface area (Å²) in [6, 6.07) is 11.9. The number of hydrogen-bond donors (Lipinski definition) is 3. The van der Waals surface area contributed by atoms with Gasteiger partial charge in [-0.1, -0.05) is 11.6 Å². The van der Waals surface area contributed by atoms with Crippen LogP contribution in [0.2, 0.25) is 5.02 Å². The first-order valence-electron chi connectivity index (χ1n) is 8.78. The van der Waals surface area contributed by atoms with Gasteiger partial charge in [-0.05, 0) is 48.9 Å². The average Bonchev–Trinajstić information content (AvgIpc) is 2.70. The van der Waals surface area contributed by atoms with Gasteiger partial charge in [0, 0.05) is 37.2 Å². The normalized spacial score (nSPS) is 10.2. The van der Waals surface area contributed by atoms with E-state index < -0.39 is 0 Å². The fraction of sp³-hybridized carbons (Fsp3) is 0.300. The van der Waals surface area contributed by atoms with E-state index in [4.69, 9.17) is 21.1 Å². The Hall–Kier alpha value is -2.77. The van der Waals surface area contributed by atoms with Crippen LogP contribution in [0.1, 0.15) is 16.8 Å². The van der Waals surface area contributed by atoms with Crippen LogP contribution in [0.25, 0.3) is 0 Å². The zero-order valence-electron chi connectivity index (χ0n) is 15.9. The standard InChI is InChI=1S/C20H24ClN3O4/c1-27-11-3-10-22-20(26)14-4-6-15(7-5-14)24-19(25)13-23-16-8-9-18(28-2)17(21)12-16/h4-9,12,23H,3,10-11,13H2,1-2H3,(H,22,26)(H,24,25). The van der Waals surface area contributed by atoms with Crippen molar-refractivity contribution in [3.8, 4) is 5.75 Å². The second-order valence-corrected chi connectivity index (χ2v) is 6.34. The molecule has 8 heteroatoms. The number of amides is 2. The summed E-state index contributed by atoms with van der Waals surface area (Å²) in [7, 11) is 3.16. The van der Waals surface area contributed by atoms with Crippen molar-refractivity contribution >= 4 is 34.8 Å². The van der Waals surface area contributed by atoms with Crippen molar-refractivity contribution in [3.63, 3.8) is 0 Å². The third-order valence-corrected chi connectivity index (χ3v) is 4.14. The van der Waals surface area contributed by atoms with Crippen molar-refractivity contribution in [3.05, 3.63) is 53.1 Å². The molecule has 0 fully saturated rings. The van der Waals surface area contributed by atoms with Crippen LogP contribution in [0.5, 0.6) is 5.75 Å². The Bertz CT molecular complexity index is 797. The van der Waals surface area contributed by atoms with Gasteiger partial charge in [0.05, 0.1) is 18.7 Å². The highest BCUT2D eigenvalue weighted by molar-refractivity contribution is 6.32. The summed E-state index contributed by atoms with van der Waals surface area (Å²) < 4.78 is 10.0. The number of carbonyl (C=O) groups excluding carboxylic acids is 2. The number of benzene rings is 2. The van der Waals surface area contributed by atoms with E-state index in [-0.39, 0.29) is 18.4 Å². The Morgan fingerprint density at radius 3 is 2.39 bits per heavy atom. The molecule has 2 amide bonds. The molecule has 0 spiro atoms. The summed E-state index contributed by atoms with van der Waals surface area (Å²) in [4.78, 5) is 24.1. The highest BCUT2D eigenvalue weighted by atomic mass is 35.5. The molecule has 28 heavy (non-hydrogen) atoms. The summed E-state index contributed by atoms with van der Waals surface area (Å²) in [6.07, 6.45) is 0.753. The summed E-state index contributed by atoms with van der Waals surface area (Å²) >= 11 is 6.06. The first-order valence-corrected chi connectivity index (χ1v) is 9.15. The van der Waals surface area contributed by atoms with Gasteiger partial charge < -0.3 is 25.4 Å². The highest BCUT2D eigenvalue weighted by Crippen LogP contribution is 2.27. The van der Waals surface area contributed by atoms with Gasteiger partial charge in [-0.2, -0.15) is 0 Å². The fourth-order valence-corrected chi connectivity index (χ4v) is 2.65. The number of carbonyl (C=O) groups is 2. The molecule has 150 valence electrons. The number of hydrogen-bond acceptors (Lipinski definition) is 5. The lowest BCUT2D eigenvalue weighted by Gasteiger charge is -2.10. The molecule has 0 heterocycles. The van der Waals surface area contributed by atoms with Crippen molar-refractivity contribution in [2.75, 3.05) is 44.5 Å². The van der Waals surface area contributed by atoms with Crippen LogP contribution in [-0.4, -0.2) is 45.7 Å². The van der Waals surface area contributed by atoms with Gasteiger partial charge >= 0.3 is 0 Å². The van der Waals surface area contributed by atoms with Crippen LogP contribution >= 0.6 is 11.6 Å². The van der Waals surface area contributed by atoms with E-state index in [1.165, 1.54) is 7.11 Å². The van der Waals surface area contributed by atoms with E-state index in [0.717, 1.165) is 6.42 Å². The Morgan fingerprint density at radius 1 is 1.04 bits per heavy atom. The minimum absolute atomic E-state index is 0.0738. The Kier molecular flexibility index (Phi) is 8.58. The van der Waals surface area contributed by atoms with Gasteiger partial charge in [0.2, 0.25) is 5.91 Å². The number of methoxy groups -OCH3 is 2. The Morgan fingerprint density at radius 2 is 1.75 bits per heavy atom. The lowest BCUT2D eigenvalue weighted by atomic mass is 10.2.